The lowest BCUT2D eigenvalue weighted by Gasteiger charge is -2.22. The van der Waals surface area contributed by atoms with Crippen LogP contribution in [-0.4, -0.2) is 18.5 Å². The number of aryl methyl sites for hydroxylation is 1. The second-order valence-corrected chi connectivity index (χ2v) is 5.04. The Balaban J connectivity index is 1.81. The van der Waals surface area contributed by atoms with Gasteiger partial charge in [-0.1, -0.05) is 6.42 Å². The Hall–Kier alpha value is -0.870. The molecule has 1 aromatic heterocycles. The van der Waals surface area contributed by atoms with E-state index in [1.807, 2.05) is 0 Å². The van der Waals surface area contributed by atoms with E-state index in [9.17, 15) is 4.79 Å². The molecular weight excluding hydrogens is 220 g/mol. The van der Waals surface area contributed by atoms with Crippen molar-refractivity contribution in [1.82, 2.24) is 10.6 Å². The normalized spacial score (nSPS) is 20.7. The quantitative estimate of drug-likeness (QED) is 0.843. The van der Waals surface area contributed by atoms with Crippen LogP contribution in [0.4, 0.5) is 0 Å². The molecule has 2 heterocycles. The minimum atomic E-state index is 0.0210. The van der Waals surface area contributed by atoms with Crippen LogP contribution in [0.5, 0.6) is 0 Å². The van der Waals surface area contributed by atoms with E-state index in [0.29, 0.717) is 6.54 Å². The van der Waals surface area contributed by atoms with E-state index in [2.05, 4.69) is 28.3 Å². The summed E-state index contributed by atoms with van der Waals surface area (Å²) in [6, 6.07) is 0.0210. The number of thiophene rings is 1. The molecule has 3 nitrogen and oxygen atoms in total. The molecule has 0 saturated carbocycles. The molecule has 0 spiro atoms. The molecule has 0 aliphatic carbocycles. The summed E-state index contributed by atoms with van der Waals surface area (Å²) in [5.74, 6) is 0.144. The van der Waals surface area contributed by atoms with Gasteiger partial charge in [0.25, 0.3) is 0 Å². The molecule has 2 rings (SSSR count). The molecule has 0 unspecified atom stereocenters. The third-order valence-electron chi connectivity index (χ3n) is 3.04. The first kappa shape index (κ1) is 11.6. The van der Waals surface area contributed by atoms with Gasteiger partial charge in [-0.05, 0) is 48.2 Å². The van der Waals surface area contributed by atoms with E-state index in [4.69, 9.17) is 0 Å². The van der Waals surface area contributed by atoms with Crippen molar-refractivity contribution >= 4 is 17.2 Å². The molecule has 2 N–H and O–H groups in total. The van der Waals surface area contributed by atoms with Gasteiger partial charge in [-0.3, -0.25) is 4.79 Å². The zero-order valence-corrected chi connectivity index (χ0v) is 10.4. The smallest absolute Gasteiger partial charge is 0.237 e. The van der Waals surface area contributed by atoms with Crippen molar-refractivity contribution in [2.75, 3.05) is 6.54 Å². The van der Waals surface area contributed by atoms with Gasteiger partial charge in [-0.2, -0.15) is 11.3 Å². The predicted molar refractivity (Wildman–Crippen MR) is 66.5 cm³/mol. The van der Waals surface area contributed by atoms with Crippen LogP contribution in [-0.2, 0) is 11.3 Å². The number of piperidine rings is 1. The van der Waals surface area contributed by atoms with E-state index >= 15 is 0 Å². The Labute approximate surface area is 100 Å². The van der Waals surface area contributed by atoms with E-state index in [-0.39, 0.29) is 11.9 Å². The fourth-order valence-corrected chi connectivity index (χ4v) is 2.81. The van der Waals surface area contributed by atoms with Crippen LogP contribution in [0.3, 0.4) is 0 Å². The van der Waals surface area contributed by atoms with Crippen molar-refractivity contribution in [3.8, 4) is 0 Å². The van der Waals surface area contributed by atoms with Crippen LogP contribution in [0.2, 0.25) is 0 Å². The van der Waals surface area contributed by atoms with Gasteiger partial charge in [-0.25, -0.2) is 0 Å². The molecule has 1 aliphatic heterocycles. The molecule has 0 aromatic carbocycles. The van der Waals surface area contributed by atoms with Crippen molar-refractivity contribution in [2.24, 2.45) is 0 Å². The van der Waals surface area contributed by atoms with Crippen LogP contribution in [0.15, 0.2) is 10.8 Å². The average molecular weight is 238 g/mol. The molecule has 0 bridgehead atoms. The highest BCUT2D eigenvalue weighted by molar-refractivity contribution is 7.08. The summed E-state index contributed by atoms with van der Waals surface area (Å²) in [4.78, 5) is 11.8. The maximum atomic E-state index is 11.8. The number of carbonyl (C=O) groups is 1. The second-order valence-electron chi connectivity index (χ2n) is 4.30. The summed E-state index contributed by atoms with van der Waals surface area (Å²) in [7, 11) is 0. The topological polar surface area (TPSA) is 41.1 Å². The van der Waals surface area contributed by atoms with Crippen LogP contribution >= 0.6 is 11.3 Å². The van der Waals surface area contributed by atoms with Gasteiger partial charge in [0.15, 0.2) is 0 Å². The number of amides is 1. The highest BCUT2D eigenvalue weighted by atomic mass is 32.1. The highest BCUT2D eigenvalue weighted by Crippen LogP contribution is 2.13. The van der Waals surface area contributed by atoms with Crippen molar-refractivity contribution in [3.63, 3.8) is 0 Å². The lowest BCUT2D eigenvalue weighted by atomic mass is 10.0. The minimum absolute atomic E-state index is 0.0210. The van der Waals surface area contributed by atoms with Gasteiger partial charge >= 0.3 is 0 Å². The third kappa shape index (κ3) is 2.83. The average Bonchev–Trinajstić information content (AvgIpc) is 2.73. The molecule has 1 saturated heterocycles. The Bertz CT molecular complexity index is 356. The van der Waals surface area contributed by atoms with E-state index in [0.717, 1.165) is 19.4 Å². The third-order valence-corrected chi connectivity index (χ3v) is 3.95. The molecule has 0 radical (unpaired) electrons. The van der Waals surface area contributed by atoms with Crippen molar-refractivity contribution in [1.29, 1.82) is 0 Å². The van der Waals surface area contributed by atoms with Crippen molar-refractivity contribution < 1.29 is 4.79 Å². The van der Waals surface area contributed by atoms with Gasteiger partial charge in [0.1, 0.15) is 0 Å². The molecule has 88 valence electrons. The zero-order chi connectivity index (χ0) is 11.4. The number of nitrogens with one attached hydrogen (secondary N) is 2. The maximum Gasteiger partial charge on any atom is 0.237 e. The van der Waals surface area contributed by atoms with Gasteiger partial charge in [0, 0.05) is 6.54 Å². The van der Waals surface area contributed by atoms with Crippen LogP contribution in [0.25, 0.3) is 0 Å². The van der Waals surface area contributed by atoms with E-state index < -0.39 is 0 Å². The van der Waals surface area contributed by atoms with Crippen LogP contribution in [0.1, 0.15) is 30.4 Å². The summed E-state index contributed by atoms with van der Waals surface area (Å²) in [6.07, 6.45) is 3.31. The number of rotatable bonds is 3. The SMILES string of the molecule is Cc1cscc1CNC(=O)[C@H]1CCCCN1. The standard InChI is InChI=1S/C12H18N2OS/c1-9-7-16-8-10(9)6-14-12(15)11-4-2-3-5-13-11/h7-8,11,13H,2-6H2,1H3,(H,14,15)/t11-/m1/s1. The molecule has 1 atom stereocenters. The molecule has 1 aromatic rings. The first-order valence-electron chi connectivity index (χ1n) is 5.80. The Morgan fingerprint density at radius 3 is 3.06 bits per heavy atom. The van der Waals surface area contributed by atoms with Gasteiger partial charge < -0.3 is 10.6 Å². The summed E-state index contributed by atoms with van der Waals surface area (Å²) in [5, 5.41) is 10.5. The number of hydrogen-bond donors (Lipinski definition) is 2. The second kappa shape index (κ2) is 5.46. The molecule has 1 fully saturated rings. The van der Waals surface area contributed by atoms with Crippen LogP contribution < -0.4 is 10.6 Å². The molecule has 16 heavy (non-hydrogen) atoms. The predicted octanol–water partition coefficient (Wildman–Crippen LogP) is 1.81. The van der Waals surface area contributed by atoms with Gasteiger partial charge in [0.2, 0.25) is 5.91 Å². The largest absolute Gasteiger partial charge is 0.351 e. The fourth-order valence-electron chi connectivity index (χ4n) is 1.95. The summed E-state index contributed by atoms with van der Waals surface area (Å²) in [5.41, 5.74) is 2.50. The molecule has 1 amide bonds. The lowest BCUT2D eigenvalue weighted by Crippen LogP contribution is -2.46. The van der Waals surface area contributed by atoms with Gasteiger partial charge in [-0.15, -0.1) is 0 Å². The molecular formula is C12H18N2OS. The minimum Gasteiger partial charge on any atom is -0.351 e. The van der Waals surface area contributed by atoms with Crippen LogP contribution in [0, 0.1) is 6.92 Å². The fraction of sp³-hybridized carbons (Fsp3) is 0.583. The number of hydrogen-bond acceptors (Lipinski definition) is 3. The highest BCUT2D eigenvalue weighted by Gasteiger charge is 2.19. The Morgan fingerprint density at radius 2 is 2.44 bits per heavy atom. The molecule has 4 heteroatoms. The first-order valence-corrected chi connectivity index (χ1v) is 6.74. The van der Waals surface area contributed by atoms with Crippen molar-refractivity contribution in [2.45, 2.75) is 38.8 Å². The lowest BCUT2D eigenvalue weighted by molar-refractivity contribution is -0.123. The zero-order valence-electron chi connectivity index (χ0n) is 9.58. The summed E-state index contributed by atoms with van der Waals surface area (Å²) < 4.78 is 0. The monoisotopic (exact) mass is 238 g/mol. The van der Waals surface area contributed by atoms with Gasteiger partial charge in [0.05, 0.1) is 6.04 Å². The maximum absolute atomic E-state index is 11.8. The summed E-state index contributed by atoms with van der Waals surface area (Å²) >= 11 is 1.69. The number of carbonyl (C=O) groups excluding carboxylic acids is 1. The Morgan fingerprint density at radius 1 is 1.56 bits per heavy atom. The van der Waals surface area contributed by atoms with Crippen molar-refractivity contribution in [3.05, 3.63) is 21.9 Å². The van der Waals surface area contributed by atoms with E-state index in [1.54, 1.807) is 11.3 Å². The Kier molecular flexibility index (Phi) is 3.96. The molecule has 1 aliphatic rings. The van der Waals surface area contributed by atoms with E-state index in [1.165, 1.54) is 17.5 Å². The summed E-state index contributed by atoms with van der Waals surface area (Å²) in [6.45, 7) is 3.71. The first-order chi connectivity index (χ1) is 7.77.